The Bertz CT molecular complexity index is 814. The molecular weight excluding hydrogens is 312 g/mol. The lowest BCUT2D eigenvalue weighted by Crippen LogP contribution is -2.28. The molecule has 0 bridgehead atoms. The fourth-order valence-electron chi connectivity index (χ4n) is 4.10. The van der Waals surface area contributed by atoms with Crippen LogP contribution in [0.2, 0.25) is 0 Å². The molecule has 1 saturated carbocycles. The Morgan fingerprint density at radius 3 is 2.32 bits per heavy atom. The molecule has 0 radical (unpaired) electrons. The molecule has 25 heavy (non-hydrogen) atoms. The number of ether oxygens (including phenoxy) is 1. The first-order chi connectivity index (χ1) is 11.6. The molecule has 1 fully saturated rings. The molecule has 3 rings (SSSR count). The lowest BCUT2D eigenvalue weighted by molar-refractivity contribution is -0.154. The summed E-state index contributed by atoms with van der Waals surface area (Å²) in [6.45, 7) is 11.0. The number of fused-ring (bicyclic) bond motifs is 1. The van der Waals surface area contributed by atoms with Crippen LogP contribution in [-0.4, -0.2) is 11.1 Å². The Kier molecular flexibility index (Phi) is 4.09. The number of esters is 1. The first kappa shape index (κ1) is 17.8. The van der Waals surface area contributed by atoms with Crippen molar-refractivity contribution in [3.63, 3.8) is 0 Å². The van der Waals surface area contributed by atoms with Crippen LogP contribution in [0.3, 0.4) is 0 Å². The number of phenols is 1. The highest BCUT2D eigenvalue weighted by molar-refractivity contribution is 5.91. The molecule has 1 unspecified atom stereocenters. The van der Waals surface area contributed by atoms with Crippen molar-refractivity contribution in [2.24, 2.45) is 16.2 Å². The minimum absolute atomic E-state index is 0.00557. The SMILES string of the molecule is CC(C)(C)CC1(C(=O)OCc2cccc3c(O)cccc23)CC1(C)C. The van der Waals surface area contributed by atoms with Gasteiger partial charge in [-0.3, -0.25) is 4.79 Å². The van der Waals surface area contributed by atoms with E-state index in [0.29, 0.717) is 0 Å². The highest BCUT2D eigenvalue weighted by Crippen LogP contribution is 2.68. The van der Waals surface area contributed by atoms with Crippen LogP contribution in [0.15, 0.2) is 36.4 Å². The molecule has 0 aliphatic heterocycles. The van der Waals surface area contributed by atoms with Crippen molar-refractivity contribution in [1.82, 2.24) is 0 Å². The van der Waals surface area contributed by atoms with Crippen LogP contribution in [-0.2, 0) is 16.1 Å². The minimum Gasteiger partial charge on any atom is -0.507 e. The van der Waals surface area contributed by atoms with E-state index in [2.05, 4.69) is 34.6 Å². The Morgan fingerprint density at radius 1 is 1.12 bits per heavy atom. The second-order valence-corrected chi connectivity index (χ2v) is 9.25. The van der Waals surface area contributed by atoms with Gasteiger partial charge < -0.3 is 9.84 Å². The van der Waals surface area contributed by atoms with Crippen molar-refractivity contribution in [3.05, 3.63) is 42.0 Å². The average molecular weight is 340 g/mol. The normalized spacial score (nSPS) is 22.0. The van der Waals surface area contributed by atoms with Gasteiger partial charge in [-0.2, -0.15) is 0 Å². The second kappa shape index (κ2) is 5.76. The van der Waals surface area contributed by atoms with E-state index in [4.69, 9.17) is 4.74 Å². The van der Waals surface area contributed by atoms with Gasteiger partial charge in [0.15, 0.2) is 0 Å². The predicted octanol–water partition coefficient (Wildman–Crippen LogP) is 5.44. The summed E-state index contributed by atoms with van der Waals surface area (Å²) in [7, 11) is 0. The van der Waals surface area contributed by atoms with Crippen LogP contribution in [0.5, 0.6) is 5.75 Å². The van der Waals surface area contributed by atoms with E-state index in [1.807, 2.05) is 30.3 Å². The molecule has 2 aromatic carbocycles. The number of aromatic hydroxyl groups is 1. The van der Waals surface area contributed by atoms with Gasteiger partial charge in [-0.1, -0.05) is 65.0 Å². The van der Waals surface area contributed by atoms with E-state index >= 15 is 0 Å². The summed E-state index contributed by atoms with van der Waals surface area (Å²) in [4.78, 5) is 12.9. The van der Waals surface area contributed by atoms with Crippen LogP contribution in [0, 0.1) is 16.2 Å². The number of hydrogen-bond donors (Lipinski definition) is 1. The maximum atomic E-state index is 12.9. The van der Waals surface area contributed by atoms with Crippen LogP contribution in [0.1, 0.15) is 53.0 Å². The molecule has 3 heteroatoms. The third-order valence-corrected chi connectivity index (χ3v) is 5.49. The highest BCUT2D eigenvalue weighted by atomic mass is 16.5. The van der Waals surface area contributed by atoms with Gasteiger partial charge in [0.1, 0.15) is 12.4 Å². The number of carbonyl (C=O) groups excluding carboxylic acids is 1. The molecule has 0 aromatic heterocycles. The summed E-state index contributed by atoms with van der Waals surface area (Å²) >= 11 is 0. The fourth-order valence-corrected chi connectivity index (χ4v) is 4.10. The Balaban J connectivity index is 1.80. The van der Waals surface area contributed by atoms with Gasteiger partial charge in [0.05, 0.1) is 5.41 Å². The number of hydrogen-bond acceptors (Lipinski definition) is 3. The quantitative estimate of drug-likeness (QED) is 0.754. The van der Waals surface area contributed by atoms with Gasteiger partial charge in [0, 0.05) is 5.39 Å². The second-order valence-electron chi connectivity index (χ2n) is 9.25. The third-order valence-electron chi connectivity index (χ3n) is 5.49. The Labute approximate surface area is 150 Å². The van der Waals surface area contributed by atoms with Crippen molar-refractivity contribution in [2.75, 3.05) is 0 Å². The molecule has 0 heterocycles. The molecule has 1 aliphatic rings. The van der Waals surface area contributed by atoms with Crippen molar-refractivity contribution in [1.29, 1.82) is 0 Å². The molecule has 2 aromatic rings. The number of phenolic OH excluding ortho intramolecular Hbond substituents is 1. The summed E-state index contributed by atoms with van der Waals surface area (Å²) in [6, 6.07) is 11.1. The van der Waals surface area contributed by atoms with Gasteiger partial charge in [-0.15, -0.1) is 0 Å². The highest BCUT2D eigenvalue weighted by Gasteiger charge is 2.67. The largest absolute Gasteiger partial charge is 0.507 e. The van der Waals surface area contributed by atoms with E-state index in [0.717, 1.165) is 29.2 Å². The van der Waals surface area contributed by atoms with Crippen molar-refractivity contribution < 1.29 is 14.6 Å². The summed E-state index contributed by atoms with van der Waals surface area (Å²) in [6.07, 6.45) is 1.72. The molecule has 0 amide bonds. The van der Waals surface area contributed by atoms with E-state index < -0.39 is 0 Å². The first-order valence-corrected chi connectivity index (χ1v) is 8.93. The van der Waals surface area contributed by atoms with E-state index in [-0.39, 0.29) is 34.6 Å². The summed E-state index contributed by atoms with van der Waals surface area (Å²) in [5.41, 5.74) is 0.621. The van der Waals surface area contributed by atoms with E-state index in [1.165, 1.54) is 0 Å². The average Bonchev–Trinajstić information content (AvgIpc) is 3.05. The number of benzene rings is 2. The van der Waals surface area contributed by atoms with Crippen molar-refractivity contribution >= 4 is 16.7 Å². The van der Waals surface area contributed by atoms with Gasteiger partial charge in [0.2, 0.25) is 0 Å². The maximum absolute atomic E-state index is 12.9. The number of carbonyl (C=O) groups is 1. The lowest BCUT2D eigenvalue weighted by atomic mass is 9.79. The Hall–Kier alpha value is -2.03. The van der Waals surface area contributed by atoms with Crippen LogP contribution in [0.25, 0.3) is 10.8 Å². The lowest BCUT2D eigenvalue weighted by Gasteiger charge is -2.27. The topological polar surface area (TPSA) is 46.5 Å². The zero-order valence-electron chi connectivity index (χ0n) is 15.8. The van der Waals surface area contributed by atoms with Gasteiger partial charge in [0.25, 0.3) is 0 Å². The summed E-state index contributed by atoms with van der Waals surface area (Å²) in [5, 5.41) is 11.7. The van der Waals surface area contributed by atoms with Gasteiger partial charge >= 0.3 is 5.97 Å². The fraction of sp³-hybridized carbons (Fsp3) is 0.500. The molecule has 0 spiro atoms. The van der Waals surface area contributed by atoms with Gasteiger partial charge in [-0.25, -0.2) is 0 Å². The van der Waals surface area contributed by atoms with Crippen LogP contribution in [0.4, 0.5) is 0 Å². The molecule has 1 aliphatic carbocycles. The molecule has 3 nitrogen and oxygen atoms in total. The van der Waals surface area contributed by atoms with Gasteiger partial charge in [-0.05, 0) is 40.7 Å². The molecule has 1 atom stereocenters. The predicted molar refractivity (Wildman–Crippen MR) is 100 cm³/mol. The van der Waals surface area contributed by atoms with Crippen molar-refractivity contribution in [2.45, 2.75) is 54.1 Å². The zero-order valence-corrected chi connectivity index (χ0v) is 15.8. The smallest absolute Gasteiger partial charge is 0.312 e. The van der Waals surface area contributed by atoms with E-state index in [1.54, 1.807) is 6.07 Å². The zero-order chi connectivity index (χ0) is 18.5. The third kappa shape index (κ3) is 3.24. The summed E-state index contributed by atoms with van der Waals surface area (Å²) < 4.78 is 5.76. The minimum atomic E-state index is -0.377. The van der Waals surface area contributed by atoms with Crippen molar-refractivity contribution in [3.8, 4) is 5.75 Å². The molecule has 0 saturated heterocycles. The summed E-state index contributed by atoms with van der Waals surface area (Å²) in [5.74, 6) is 0.155. The molecular formula is C22H28O3. The van der Waals surface area contributed by atoms with Crippen LogP contribution < -0.4 is 0 Å². The first-order valence-electron chi connectivity index (χ1n) is 8.93. The maximum Gasteiger partial charge on any atom is 0.312 e. The molecule has 134 valence electrons. The molecule has 1 N–H and O–H groups in total. The monoisotopic (exact) mass is 340 g/mol. The van der Waals surface area contributed by atoms with Crippen LogP contribution >= 0.6 is 0 Å². The van der Waals surface area contributed by atoms with E-state index in [9.17, 15) is 9.90 Å². The number of rotatable bonds is 4. The standard InChI is InChI=1S/C22H28O3/c1-20(2,3)13-22(14-21(22,4)5)19(24)25-12-15-8-6-10-17-16(15)9-7-11-18(17)23/h6-11,23H,12-14H2,1-5H3. The Morgan fingerprint density at radius 2 is 1.72 bits per heavy atom.